The van der Waals surface area contributed by atoms with Crippen LogP contribution in [0.3, 0.4) is 0 Å². The highest BCUT2D eigenvalue weighted by atomic mass is 16.5. The number of terminal acetylenes is 2. The molecule has 5 aromatic rings. The number of Topliss-reactive ketones (excluding diaryl/α,β-unsaturated/α-hetero) is 4. The van der Waals surface area contributed by atoms with Gasteiger partial charge in [-0.2, -0.15) is 0 Å². The number of carbonyl (C=O) groups excluding carboxylic acids is 4. The summed E-state index contributed by atoms with van der Waals surface area (Å²) in [5.41, 5.74) is 1.37. The van der Waals surface area contributed by atoms with E-state index in [2.05, 4.69) is 11.8 Å². The first kappa shape index (κ1) is 29.0. The number of hydrogen-bond acceptors (Lipinski definition) is 6. The Balaban J connectivity index is 1.26. The van der Waals surface area contributed by atoms with Crippen molar-refractivity contribution in [2.45, 2.75) is 0 Å². The number of hydrogen-bond donors (Lipinski definition) is 0. The van der Waals surface area contributed by atoms with Gasteiger partial charge in [0.15, 0.2) is 0 Å². The fraction of sp³-hybridized carbons (Fsp3) is 0. The molecule has 6 heteroatoms. The maximum absolute atomic E-state index is 13.0. The summed E-state index contributed by atoms with van der Waals surface area (Å²) in [7, 11) is 0. The molecule has 0 heterocycles. The van der Waals surface area contributed by atoms with Gasteiger partial charge in [0.25, 0.3) is 0 Å². The fourth-order valence-corrected chi connectivity index (χ4v) is 4.28. The first-order valence-corrected chi connectivity index (χ1v) is 13.3. The molecule has 0 bridgehead atoms. The Hall–Kier alpha value is -6.50. The van der Waals surface area contributed by atoms with Crippen molar-refractivity contribution >= 4 is 23.1 Å². The summed E-state index contributed by atoms with van der Waals surface area (Å²) in [6.45, 7) is 0. The molecule has 6 nitrogen and oxygen atoms in total. The minimum atomic E-state index is -0.827. The molecule has 44 heavy (non-hydrogen) atoms. The van der Waals surface area contributed by atoms with E-state index in [0.29, 0.717) is 34.1 Å². The van der Waals surface area contributed by atoms with Crippen LogP contribution in [0.2, 0.25) is 0 Å². The molecule has 0 aliphatic rings. The number of para-hydroxylation sites is 2. The zero-order chi connectivity index (χ0) is 31.1. The Kier molecular flexibility index (Phi) is 8.57. The molecule has 0 aromatic heterocycles. The predicted molar refractivity (Wildman–Crippen MR) is 166 cm³/mol. The smallest absolute Gasteiger partial charge is 0.233 e. The van der Waals surface area contributed by atoms with Crippen molar-refractivity contribution in [1.29, 1.82) is 0 Å². The minimum Gasteiger partial charge on any atom is -0.456 e. The van der Waals surface area contributed by atoms with Crippen LogP contribution < -0.4 is 9.47 Å². The Labute approximate surface area is 253 Å². The third kappa shape index (κ3) is 6.36. The Morgan fingerprint density at radius 3 is 1.18 bits per heavy atom. The van der Waals surface area contributed by atoms with Crippen LogP contribution in [-0.2, 0) is 0 Å². The lowest BCUT2D eigenvalue weighted by Crippen LogP contribution is -2.17. The Morgan fingerprint density at radius 2 is 0.795 bits per heavy atom. The summed E-state index contributed by atoms with van der Waals surface area (Å²) in [4.78, 5) is 52.0. The normalized spacial score (nSPS) is 10.1. The van der Waals surface area contributed by atoms with Gasteiger partial charge in [-0.1, -0.05) is 54.3 Å². The number of benzene rings is 5. The Morgan fingerprint density at radius 1 is 0.432 bits per heavy atom. The van der Waals surface area contributed by atoms with Gasteiger partial charge < -0.3 is 9.47 Å². The van der Waals surface area contributed by atoms with E-state index >= 15 is 0 Å². The maximum Gasteiger partial charge on any atom is 0.233 e. The molecule has 0 spiro atoms. The molecule has 5 aromatic carbocycles. The van der Waals surface area contributed by atoms with E-state index in [-0.39, 0.29) is 22.3 Å². The van der Waals surface area contributed by atoms with Gasteiger partial charge in [-0.25, -0.2) is 0 Å². The number of rotatable bonds is 10. The molecule has 0 aliphatic carbocycles. The number of ether oxygens (including phenoxy) is 2. The predicted octanol–water partition coefficient (Wildman–Crippen LogP) is 7.37. The zero-order valence-corrected chi connectivity index (χ0v) is 23.2. The van der Waals surface area contributed by atoms with E-state index in [0.717, 1.165) is 0 Å². The van der Waals surface area contributed by atoms with Crippen molar-refractivity contribution in [2.24, 2.45) is 0 Å². The second-order valence-corrected chi connectivity index (χ2v) is 9.43. The summed E-state index contributed by atoms with van der Waals surface area (Å²) in [6, 6.07) is 31.7. The van der Waals surface area contributed by atoms with Crippen molar-refractivity contribution in [3.63, 3.8) is 0 Å². The SMILES string of the molecule is C#Cc1ccccc1Oc1ccc(C(=O)C(=O)c2cccc(C(=O)C(=O)c3ccc(Oc4ccccc4C#C)cc3)c2)cc1. The van der Waals surface area contributed by atoms with Crippen molar-refractivity contribution < 1.29 is 28.7 Å². The van der Waals surface area contributed by atoms with E-state index in [1.54, 1.807) is 72.8 Å². The molecular formula is C38H22O6. The van der Waals surface area contributed by atoms with Crippen molar-refractivity contribution in [3.05, 3.63) is 155 Å². The van der Waals surface area contributed by atoms with Crippen LogP contribution in [0.15, 0.2) is 121 Å². The third-order valence-electron chi connectivity index (χ3n) is 6.57. The lowest BCUT2D eigenvalue weighted by atomic mass is 9.96. The van der Waals surface area contributed by atoms with Gasteiger partial charge in [0, 0.05) is 22.3 Å². The third-order valence-corrected chi connectivity index (χ3v) is 6.57. The lowest BCUT2D eigenvalue weighted by molar-refractivity contribution is 0.0812. The Bertz CT molecular complexity index is 1850. The molecule has 5 rings (SSSR count). The highest BCUT2D eigenvalue weighted by molar-refractivity contribution is 6.51. The lowest BCUT2D eigenvalue weighted by Gasteiger charge is -2.09. The molecule has 0 unspecified atom stereocenters. The molecule has 0 amide bonds. The summed E-state index contributed by atoms with van der Waals surface area (Å²) >= 11 is 0. The monoisotopic (exact) mass is 574 g/mol. The van der Waals surface area contributed by atoms with Gasteiger partial charge in [-0.15, -0.1) is 12.8 Å². The van der Waals surface area contributed by atoms with Crippen molar-refractivity contribution in [2.75, 3.05) is 0 Å². The van der Waals surface area contributed by atoms with Gasteiger partial charge >= 0.3 is 0 Å². The van der Waals surface area contributed by atoms with Crippen LogP contribution >= 0.6 is 0 Å². The maximum atomic E-state index is 13.0. The standard InChI is InChI=1S/C38H22O6/c1-3-25-10-5-7-14-33(25)43-31-20-16-27(17-21-31)35(39)37(41)29-12-9-13-30(24-29)38(42)36(40)28-18-22-32(23-19-28)44-34-15-8-6-11-26(34)4-2/h1-2,5-24H. The summed E-state index contributed by atoms with van der Waals surface area (Å²) in [6.07, 6.45) is 11.0. The quantitative estimate of drug-likeness (QED) is 0.0984. The zero-order valence-electron chi connectivity index (χ0n) is 23.2. The summed E-state index contributed by atoms with van der Waals surface area (Å²) in [5, 5.41) is 0. The number of ketones is 4. The highest BCUT2D eigenvalue weighted by Crippen LogP contribution is 2.27. The van der Waals surface area contributed by atoms with Crippen LogP contribution in [0.25, 0.3) is 0 Å². The minimum absolute atomic E-state index is 0.0205. The largest absolute Gasteiger partial charge is 0.456 e. The molecule has 0 saturated carbocycles. The van der Waals surface area contributed by atoms with Crippen molar-refractivity contribution in [3.8, 4) is 47.7 Å². The second kappa shape index (κ2) is 13.0. The van der Waals surface area contributed by atoms with Gasteiger partial charge in [0.05, 0.1) is 11.1 Å². The van der Waals surface area contributed by atoms with E-state index in [1.165, 1.54) is 48.5 Å². The van der Waals surface area contributed by atoms with Crippen molar-refractivity contribution in [1.82, 2.24) is 0 Å². The molecular weight excluding hydrogens is 552 g/mol. The molecule has 0 aliphatic heterocycles. The van der Waals surface area contributed by atoms with E-state index in [9.17, 15) is 19.2 Å². The van der Waals surface area contributed by atoms with Crippen LogP contribution in [-0.4, -0.2) is 23.1 Å². The molecule has 210 valence electrons. The molecule has 0 radical (unpaired) electrons. The molecule has 0 N–H and O–H groups in total. The summed E-state index contributed by atoms with van der Waals surface area (Å²) < 4.78 is 11.6. The number of carbonyl (C=O) groups is 4. The average molecular weight is 575 g/mol. The molecule has 0 saturated heterocycles. The average Bonchev–Trinajstić information content (AvgIpc) is 3.08. The van der Waals surface area contributed by atoms with Crippen LogP contribution in [0.5, 0.6) is 23.0 Å². The topological polar surface area (TPSA) is 86.7 Å². The fourth-order valence-electron chi connectivity index (χ4n) is 4.28. The van der Waals surface area contributed by atoms with Crippen LogP contribution in [0, 0.1) is 24.7 Å². The molecule has 0 fully saturated rings. The van der Waals surface area contributed by atoms with E-state index in [1.807, 2.05) is 0 Å². The van der Waals surface area contributed by atoms with Gasteiger partial charge in [0.1, 0.15) is 23.0 Å². The van der Waals surface area contributed by atoms with E-state index < -0.39 is 23.1 Å². The first-order chi connectivity index (χ1) is 21.4. The van der Waals surface area contributed by atoms with Crippen LogP contribution in [0.1, 0.15) is 52.6 Å². The second-order valence-electron chi connectivity index (χ2n) is 9.43. The molecule has 0 atom stereocenters. The highest BCUT2D eigenvalue weighted by Gasteiger charge is 2.23. The van der Waals surface area contributed by atoms with Gasteiger partial charge in [0.2, 0.25) is 23.1 Å². The first-order valence-electron chi connectivity index (χ1n) is 13.3. The van der Waals surface area contributed by atoms with Gasteiger partial charge in [-0.05, 0) is 78.9 Å². The van der Waals surface area contributed by atoms with E-state index in [4.69, 9.17) is 22.3 Å². The summed E-state index contributed by atoms with van der Waals surface area (Å²) in [5.74, 6) is 3.70. The van der Waals surface area contributed by atoms with Gasteiger partial charge in [-0.3, -0.25) is 19.2 Å². The van der Waals surface area contributed by atoms with Crippen LogP contribution in [0.4, 0.5) is 0 Å².